The van der Waals surface area contributed by atoms with Crippen molar-refractivity contribution in [1.82, 2.24) is 9.38 Å². The maximum Gasteiger partial charge on any atom is 0.258 e. The molecule has 0 spiro atoms. The number of fused-ring (bicyclic) bond motifs is 2. The third-order valence-electron chi connectivity index (χ3n) is 4.65. The zero-order chi connectivity index (χ0) is 21.4. The van der Waals surface area contributed by atoms with Gasteiger partial charge in [-0.1, -0.05) is 6.07 Å². The molecule has 0 saturated heterocycles. The second kappa shape index (κ2) is 7.77. The van der Waals surface area contributed by atoms with E-state index < -0.39 is 0 Å². The van der Waals surface area contributed by atoms with Gasteiger partial charge in [0, 0.05) is 34.5 Å². The molecule has 9 heteroatoms. The van der Waals surface area contributed by atoms with E-state index in [2.05, 4.69) is 10.3 Å². The molecule has 1 aliphatic heterocycles. The van der Waals surface area contributed by atoms with Crippen LogP contribution in [0.15, 0.2) is 59.5 Å². The van der Waals surface area contributed by atoms with Crippen molar-refractivity contribution in [3.05, 3.63) is 81.2 Å². The number of nitrogens with one attached hydrogen (secondary N) is 1. The predicted octanol–water partition coefficient (Wildman–Crippen LogP) is 3.62. The number of nitrogens with zero attached hydrogens (tertiary/aromatic N) is 2. The van der Waals surface area contributed by atoms with Crippen LogP contribution in [-0.4, -0.2) is 22.1 Å². The fourth-order valence-electron chi connectivity index (χ4n) is 3.19. The number of aromatic nitrogens is 2. The van der Waals surface area contributed by atoms with E-state index >= 15 is 0 Å². The molecule has 0 saturated carbocycles. The lowest BCUT2D eigenvalue weighted by molar-refractivity contribution is 0.102. The van der Waals surface area contributed by atoms with Crippen molar-refractivity contribution in [1.29, 1.82) is 0 Å². The molecule has 2 aromatic carbocycles. The van der Waals surface area contributed by atoms with Gasteiger partial charge in [-0.3, -0.25) is 14.0 Å². The van der Waals surface area contributed by atoms with Crippen molar-refractivity contribution in [3.8, 4) is 17.2 Å². The largest absolute Gasteiger partial charge is 0.487 e. The van der Waals surface area contributed by atoms with Gasteiger partial charge in [0.15, 0.2) is 16.5 Å². The number of carbonyl (C=O) groups is 1. The van der Waals surface area contributed by atoms with Crippen molar-refractivity contribution in [2.45, 2.75) is 13.5 Å². The van der Waals surface area contributed by atoms with Crippen LogP contribution in [0.25, 0.3) is 4.96 Å². The standard InChI is InChI=1S/C22H17N3O5S/c1-13-10-25-20(26)9-16(24-22(25)31-13)11-28-17-4-2-3-15(8-17)23-21(27)14-5-6-18-19(7-14)30-12-29-18/h2-10H,11-12H2,1H3,(H,23,27). The molecule has 0 radical (unpaired) electrons. The second-order valence-corrected chi connectivity index (χ2v) is 8.13. The number of ether oxygens (including phenoxy) is 3. The summed E-state index contributed by atoms with van der Waals surface area (Å²) in [4.78, 5) is 30.9. The van der Waals surface area contributed by atoms with Gasteiger partial charge in [0.05, 0.1) is 5.69 Å². The lowest BCUT2D eigenvalue weighted by Crippen LogP contribution is -2.14. The second-order valence-electron chi connectivity index (χ2n) is 6.92. The highest BCUT2D eigenvalue weighted by Gasteiger charge is 2.16. The monoisotopic (exact) mass is 435 g/mol. The first-order valence-corrected chi connectivity index (χ1v) is 10.3. The van der Waals surface area contributed by atoms with Crippen molar-refractivity contribution in [3.63, 3.8) is 0 Å². The number of hydrogen-bond donors (Lipinski definition) is 1. The zero-order valence-electron chi connectivity index (χ0n) is 16.5. The average molecular weight is 435 g/mol. The number of rotatable bonds is 5. The Morgan fingerprint density at radius 2 is 2.06 bits per heavy atom. The van der Waals surface area contributed by atoms with Gasteiger partial charge in [-0.25, -0.2) is 4.98 Å². The minimum atomic E-state index is -0.274. The summed E-state index contributed by atoms with van der Waals surface area (Å²) >= 11 is 1.45. The van der Waals surface area contributed by atoms with Gasteiger partial charge in [-0.2, -0.15) is 0 Å². The fraction of sp³-hybridized carbons (Fsp3) is 0.136. The van der Waals surface area contributed by atoms with E-state index in [4.69, 9.17) is 14.2 Å². The Morgan fingerprint density at radius 1 is 1.19 bits per heavy atom. The summed E-state index contributed by atoms with van der Waals surface area (Å²) in [5.41, 5.74) is 1.44. The predicted molar refractivity (Wildman–Crippen MR) is 115 cm³/mol. The molecule has 156 valence electrons. The Labute approximate surface area is 180 Å². The quantitative estimate of drug-likeness (QED) is 0.515. The van der Waals surface area contributed by atoms with E-state index in [0.29, 0.717) is 39.2 Å². The minimum Gasteiger partial charge on any atom is -0.487 e. The molecule has 0 bridgehead atoms. The molecule has 8 nitrogen and oxygen atoms in total. The lowest BCUT2D eigenvalue weighted by Gasteiger charge is -2.09. The van der Waals surface area contributed by atoms with Crippen LogP contribution in [0.5, 0.6) is 17.2 Å². The Kier molecular flexibility index (Phi) is 4.79. The third kappa shape index (κ3) is 3.95. The molecule has 5 rings (SSSR count). The van der Waals surface area contributed by atoms with Crippen LogP contribution < -0.4 is 25.1 Å². The minimum absolute atomic E-state index is 0.141. The molecule has 0 unspecified atom stereocenters. The molecule has 4 aromatic rings. The van der Waals surface area contributed by atoms with Crippen molar-refractivity contribution in [2.24, 2.45) is 0 Å². The van der Waals surface area contributed by atoms with Crippen LogP contribution in [0.2, 0.25) is 0 Å². The van der Waals surface area contributed by atoms with E-state index in [1.165, 1.54) is 21.8 Å². The molecule has 3 heterocycles. The summed E-state index contributed by atoms with van der Waals surface area (Å²) in [6, 6.07) is 13.5. The van der Waals surface area contributed by atoms with Gasteiger partial charge in [0.1, 0.15) is 12.4 Å². The highest BCUT2D eigenvalue weighted by Crippen LogP contribution is 2.32. The molecule has 1 N–H and O–H groups in total. The van der Waals surface area contributed by atoms with E-state index in [9.17, 15) is 9.59 Å². The molecule has 0 fully saturated rings. The molecule has 0 aliphatic carbocycles. The molecular weight excluding hydrogens is 418 g/mol. The number of amides is 1. The number of anilines is 1. The number of carbonyl (C=O) groups excluding carboxylic acids is 1. The van der Waals surface area contributed by atoms with Crippen LogP contribution in [0.4, 0.5) is 5.69 Å². The summed E-state index contributed by atoms with van der Waals surface area (Å²) in [5.74, 6) is 1.44. The molecule has 2 aromatic heterocycles. The first-order valence-electron chi connectivity index (χ1n) is 9.48. The Morgan fingerprint density at radius 3 is 2.97 bits per heavy atom. The van der Waals surface area contributed by atoms with Gasteiger partial charge in [-0.05, 0) is 37.3 Å². The Hall–Kier alpha value is -3.85. The summed E-state index contributed by atoms with van der Waals surface area (Å²) in [6.07, 6.45) is 1.77. The van der Waals surface area contributed by atoms with Crippen LogP contribution in [0, 0.1) is 6.92 Å². The smallest absolute Gasteiger partial charge is 0.258 e. The number of hydrogen-bond acceptors (Lipinski definition) is 7. The molecule has 1 aliphatic rings. The summed E-state index contributed by atoms with van der Waals surface area (Å²) in [7, 11) is 0. The Bertz CT molecular complexity index is 1360. The van der Waals surface area contributed by atoms with Crippen molar-refractivity contribution in [2.75, 3.05) is 12.1 Å². The fourth-order valence-corrected chi connectivity index (χ4v) is 4.04. The van der Waals surface area contributed by atoms with Crippen molar-refractivity contribution >= 4 is 27.9 Å². The first kappa shape index (κ1) is 19.1. The molecule has 0 atom stereocenters. The number of benzene rings is 2. The summed E-state index contributed by atoms with van der Waals surface area (Å²) in [5, 5.41) is 2.84. The number of thiazole rings is 1. The topological polar surface area (TPSA) is 91.2 Å². The van der Waals surface area contributed by atoms with Crippen LogP contribution >= 0.6 is 11.3 Å². The maximum atomic E-state index is 12.6. The first-order chi connectivity index (χ1) is 15.0. The normalized spacial score (nSPS) is 12.2. The highest BCUT2D eigenvalue weighted by molar-refractivity contribution is 7.16. The SMILES string of the molecule is Cc1cn2c(=O)cc(COc3cccc(NC(=O)c4ccc5c(c4)OCO5)c3)nc2s1. The third-order valence-corrected chi connectivity index (χ3v) is 5.55. The van der Waals surface area contributed by atoms with Gasteiger partial charge in [0.2, 0.25) is 6.79 Å². The van der Waals surface area contributed by atoms with Crippen LogP contribution in [0.1, 0.15) is 20.9 Å². The van der Waals surface area contributed by atoms with E-state index in [0.717, 1.165) is 4.88 Å². The van der Waals surface area contributed by atoms with Gasteiger partial charge in [-0.15, -0.1) is 11.3 Å². The molecule has 31 heavy (non-hydrogen) atoms. The highest BCUT2D eigenvalue weighted by atomic mass is 32.1. The maximum absolute atomic E-state index is 12.6. The van der Waals surface area contributed by atoms with Gasteiger partial charge in [0.25, 0.3) is 11.5 Å². The molecule has 1 amide bonds. The average Bonchev–Trinajstić information content (AvgIpc) is 3.38. The molecular formula is C22H17N3O5S. The van der Waals surface area contributed by atoms with Crippen LogP contribution in [-0.2, 0) is 6.61 Å². The lowest BCUT2D eigenvalue weighted by atomic mass is 10.2. The van der Waals surface area contributed by atoms with E-state index in [-0.39, 0.29) is 24.9 Å². The summed E-state index contributed by atoms with van der Waals surface area (Å²) in [6.45, 7) is 2.22. The van der Waals surface area contributed by atoms with E-state index in [1.807, 2.05) is 6.92 Å². The zero-order valence-corrected chi connectivity index (χ0v) is 17.3. The van der Waals surface area contributed by atoms with Crippen molar-refractivity contribution < 1.29 is 19.0 Å². The van der Waals surface area contributed by atoms with Gasteiger partial charge >= 0.3 is 0 Å². The van der Waals surface area contributed by atoms with Crippen LogP contribution in [0.3, 0.4) is 0 Å². The Balaban J connectivity index is 1.28. The van der Waals surface area contributed by atoms with Gasteiger partial charge < -0.3 is 19.5 Å². The number of aryl methyl sites for hydroxylation is 1. The van der Waals surface area contributed by atoms with E-state index in [1.54, 1.807) is 48.7 Å². The summed E-state index contributed by atoms with van der Waals surface area (Å²) < 4.78 is 17.9.